The highest BCUT2D eigenvalue weighted by Gasteiger charge is 2.74. The van der Waals surface area contributed by atoms with E-state index in [0.29, 0.717) is 11.5 Å². The van der Waals surface area contributed by atoms with Crippen molar-refractivity contribution in [2.24, 2.45) is 0 Å². The number of carbonyl (C=O) groups is 2. The third kappa shape index (κ3) is 10.3. The molecule has 1 aromatic heterocycles. The van der Waals surface area contributed by atoms with Crippen molar-refractivity contribution in [1.82, 2.24) is 14.2 Å². The molecule has 65 heavy (non-hydrogen) atoms. The Morgan fingerprint density at radius 3 is 2.08 bits per heavy atom. The first kappa shape index (κ1) is 49.2. The molecule has 0 spiro atoms. The molecule has 2 aliphatic rings. The molecular weight excluding hydrogens is 856 g/mol. The third-order valence-electron chi connectivity index (χ3n) is 11.8. The van der Waals surface area contributed by atoms with Gasteiger partial charge in [-0.05, 0) is 82.5 Å². The smallest absolute Gasteiger partial charge is 0.330 e. The van der Waals surface area contributed by atoms with E-state index in [1.54, 1.807) is 21.1 Å². The van der Waals surface area contributed by atoms with Crippen LogP contribution >= 0.6 is 8.53 Å². The minimum absolute atomic E-state index is 0.0116. The Kier molecular flexibility index (Phi) is 16.2. The number of fused-ring (bicyclic) bond motifs is 2. The Morgan fingerprint density at radius 2 is 1.52 bits per heavy atom. The largest absolute Gasteiger partial charge is 0.497 e. The maximum absolute atomic E-state index is 13.8. The zero-order valence-corrected chi connectivity index (χ0v) is 39.1. The van der Waals surface area contributed by atoms with Gasteiger partial charge in [-0.3, -0.25) is 19.1 Å². The van der Waals surface area contributed by atoms with Crippen LogP contribution in [0.25, 0.3) is 0 Å². The van der Waals surface area contributed by atoms with Gasteiger partial charge in [0, 0.05) is 36.7 Å². The minimum atomic E-state index is -2.05. The SMILES string of the molecule is COc1ccc(C(OC[C@@]23CO[C@@H]([C@H](n4cc(C)c(=O)[nH]c4=O)O2)[C@]3(CCOC(=O)CCC(C)=O)OP(OCCC#N)N(C(C)C)C(C)C)(c2ccccc2)c2ccc(OC)cc2)cc1. The first-order valence-electron chi connectivity index (χ1n) is 21.7. The van der Waals surface area contributed by atoms with Crippen LogP contribution in [0.15, 0.2) is 94.6 Å². The number of hydrogen-bond acceptors (Lipinski definition) is 14. The second-order valence-electron chi connectivity index (χ2n) is 16.7. The van der Waals surface area contributed by atoms with Crippen LogP contribution in [0.2, 0.25) is 0 Å². The van der Waals surface area contributed by atoms with Gasteiger partial charge in [0.1, 0.15) is 40.2 Å². The highest BCUT2D eigenvalue weighted by Crippen LogP contribution is 2.62. The Hall–Kier alpha value is -5.24. The van der Waals surface area contributed by atoms with E-state index in [2.05, 4.69) is 15.7 Å². The number of nitriles is 1. The van der Waals surface area contributed by atoms with Gasteiger partial charge in [-0.2, -0.15) is 5.26 Å². The minimum Gasteiger partial charge on any atom is -0.497 e. The summed E-state index contributed by atoms with van der Waals surface area (Å²) in [4.78, 5) is 53.8. The lowest BCUT2D eigenvalue weighted by Crippen LogP contribution is -2.58. The number of Topliss-reactive ketones (excluding diaryl/α,β-unsaturated/α-hetero) is 1. The van der Waals surface area contributed by atoms with Crippen LogP contribution in [0.1, 0.15) is 88.8 Å². The number of ether oxygens (including phenoxy) is 6. The molecule has 2 aliphatic heterocycles. The predicted octanol–water partition coefficient (Wildman–Crippen LogP) is 6.87. The van der Waals surface area contributed by atoms with Crippen LogP contribution in [-0.4, -0.2) is 96.0 Å². The summed E-state index contributed by atoms with van der Waals surface area (Å²) in [6.45, 7) is 10.5. The van der Waals surface area contributed by atoms with Crippen molar-refractivity contribution < 1.29 is 47.1 Å². The fourth-order valence-corrected chi connectivity index (χ4v) is 10.5. The van der Waals surface area contributed by atoms with Gasteiger partial charge >= 0.3 is 11.7 Å². The molecule has 0 aliphatic carbocycles. The Labute approximate surface area is 380 Å². The van der Waals surface area contributed by atoms with E-state index in [0.717, 1.165) is 16.7 Å². The normalized spacial score (nSPS) is 20.8. The zero-order chi connectivity index (χ0) is 46.9. The molecule has 0 saturated carbocycles. The average Bonchev–Trinajstić information content (AvgIpc) is 3.72. The van der Waals surface area contributed by atoms with Crippen molar-refractivity contribution in [3.63, 3.8) is 0 Å². The van der Waals surface area contributed by atoms with Gasteiger partial charge in [-0.15, -0.1) is 0 Å². The van der Waals surface area contributed by atoms with Crippen molar-refractivity contribution in [3.8, 4) is 17.6 Å². The Morgan fingerprint density at radius 1 is 0.923 bits per heavy atom. The fourth-order valence-electron chi connectivity index (χ4n) is 8.59. The molecule has 2 saturated heterocycles. The zero-order valence-electron chi connectivity index (χ0n) is 38.2. The number of ketones is 1. The molecular formula is C48H59N4O12P. The van der Waals surface area contributed by atoms with Crippen molar-refractivity contribution in [2.45, 2.75) is 108 Å². The number of aromatic amines is 1. The summed E-state index contributed by atoms with van der Waals surface area (Å²) in [7, 11) is 1.14. The van der Waals surface area contributed by atoms with Gasteiger partial charge in [0.2, 0.25) is 0 Å². The summed E-state index contributed by atoms with van der Waals surface area (Å²) in [5.41, 5.74) is -3.34. The molecule has 3 aromatic carbocycles. The number of methoxy groups -OCH3 is 2. The number of nitrogens with one attached hydrogen (secondary N) is 1. The lowest BCUT2D eigenvalue weighted by atomic mass is 9.78. The van der Waals surface area contributed by atoms with E-state index >= 15 is 0 Å². The molecule has 3 heterocycles. The van der Waals surface area contributed by atoms with Gasteiger partial charge in [0.25, 0.3) is 14.1 Å². The Bertz CT molecular complexity index is 2350. The molecule has 0 radical (unpaired) electrons. The van der Waals surface area contributed by atoms with Crippen molar-refractivity contribution in [3.05, 3.63) is 128 Å². The number of hydrogen-bond donors (Lipinski definition) is 1. The van der Waals surface area contributed by atoms with Crippen LogP contribution in [0.4, 0.5) is 0 Å². The average molecular weight is 915 g/mol. The lowest BCUT2D eigenvalue weighted by molar-refractivity contribution is -0.210. The first-order chi connectivity index (χ1) is 31.1. The van der Waals surface area contributed by atoms with E-state index in [4.69, 9.17) is 37.5 Å². The number of H-pyrrole nitrogens is 1. The molecule has 1 N–H and O–H groups in total. The molecule has 6 rings (SSSR count). The summed E-state index contributed by atoms with van der Waals surface area (Å²) in [6.07, 6.45) is -0.935. The van der Waals surface area contributed by atoms with Crippen LogP contribution < -0.4 is 20.7 Å². The van der Waals surface area contributed by atoms with E-state index in [1.807, 2.05) is 107 Å². The second kappa shape index (κ2) is 21.4. The monoisotopic (exact) mass is 914 g/mol. The topological polar surface area (TPSA) is 190 Å². The van der Waals surface area contributed by atoms with Crippen LogP contribution in [-0.2, 0) is 43.2 Å². The van der Waals surface area contributed by atoms with Gasteiger partial charge in [-0.1, -0.05) is 54.6 Å². The second-order valence-corrected chi connectivity index (χ2v) is 18.1. The summed E-state index contributed by atoms with van der Waals surface area (Å²) in [5.74, 6) is 0.526. The van der Waals surface area contributed by atoms with Crippen LogP contribution in [0.3, 0.4) is 0 Å². The maximum Gasteiger partial charge on any atom is 0.330 e. The first-order valence-corrected chi connectivity index (χ1v) is 22.8. The van der Waals surface area contributed by atoms with Gasteiger partial charge < -0.3 is 42.3 Å². The number of aryl methyl sites for hydroxylation is 1. The van der Waals surface area contributed by atoms with Crippen molar-refractivity contribution in [1.29, 1.82) is 5.26 Å². The van der Waals surface area contributed by atoms with Gasteiger partial charge in [-0.25, -0.2) is 9.46 Å². The van der Waals surface area contributed by atoms with E-state index in [-0.39, 0.29) is 75.5 Å². The van der Waals surface area contributed by atoms with Crippen molar-refractivity contribution in [2.75, 3.05) is 40.6 Å². The molecule has 4 aromatic rings. The standard InChI is InChI=1S/C48H59N4O12P/c1-32(2)52(33(3)4)65(62-27-12-26-49)64-47(25-28-59-41(54)24-15-35(6)53)42-44(51-29-34(5)43(55)50-45(51)56)63-46(47,30-60-42)31-61-48(36-13-10-9-11-14-36,37-16-20-39(57-7)21-17-37)38-18-22-40(58-8)23-19-38/h9-11,13-14,16-23,29,32-33,42,44H,12,15,24-25,27-28,30-31H2,1-8H3,(H,50,55,56)/t42-,44+,46+,47-,65?/m0/s1. The van der Waals surface area contributed by atoms with E-state index in [1.165, 1.54) is 17.7 Å². The lowest BCUT2D eigenvalue weighted by Gasteiger charge is -2.46. The number of nitrogens with zero attached hydrogens (tertiary/aromatic N) is 3. The third-order valence-corrected chi connectivity index (χ3v) is 14.0. The van der Waals surface area contributed by atoms with Crippen LogP contribution in [0, 0.1) is 18.3 Å². The number of rotatable bonds is 23. The molecule has 17 heteroatoms. The number of carbonyl (C=O) groups excluding carboxylic acids is 2. The maximum atomic E-state index is 13.8. The molecule has 2 bridgehead atoms. The van der Waals surface area contributed by atoms with Gasteiger partial charge in [0.15, 0.2) is 6.23 Å². The summed E-state index contributed by atoms with van der Waals surface area (Å²) < 4.78 is 55.8. The van der Waals surface area contributed by atoms with E-state index in [9.17, 15) is 24.4 Å². The number of benzene rings is 3. The number of esters is 1. The van der Waals surface area contributed by atoms with E-state index < -0.39 is 54.9 Å². The van der Waals surface area contributed by atoms with Gasteiger partial charge in [0.05, 0.1) is 59.6 Å². The summed E-state index contributed by atoms with van der Waals surface area (Å²) >= 11 is 0. The highest BCUT2D eigenvalue weighted by molar-refractivity contribution is 7.44. The number of aromatic nitrogens is 2. The molecule has 348 valence electrons. The quantitative estimate of drug-likeness (QED) is 0.0351. The predicted molar refractivity (Wildman–Crippen MR) is 241 cm³/mol. The van der Waals surface area contributed by atoms with Crippen molar-refractivity contribution >= 4 is 20.3 Å². The molecule has 16 nitrogen and oxygen atoms in total. The molecule has 1 unspecified atom stereocenters. The molecule has 2 fully saturated rings. The molecule has 5 atom stereocenters. The fraction of sp³-hybridized carbons (Fsp3) is 0.479. The highest BCUT2D eigenvalue weighted by atomic mass is 31.2. The summed E-state index contributed by atoms with van der Waals surface area (Å²) in [6, 6.07) is 26.7. The summed E-state index contributed by atoms with van der Waals surface area (Å²) in [5, 5.41) is 9.59. The molecule has 0 amide bonds. The Balaban J connectivity index is 1.59. The van der Waals surface area contributed by atoms with Crippen LogP contribution in [0.5, 0.6) is 11.5 Å².